The largest absolute Gasteiger partial charge is 0.260 e. The first-order chi connectivity index (χ1) is 7.36. The molecular formula is C14H13N. The molecule has 0 bridgehead atoms. The van der Waals surface area contributed by atoms with Crippen molar-refractivity contribution >= 4 is 28.8 Å². The summed E-state index contributed by atoms with van der Waals surface area (Å²) in [5.41, 5.74) is 2.08. The first kappa shape index (κ1) is 9.66. The molecule has 0 aliphatic carbocycles. The number of rotatable bonds is 2. The van der Waals surface area contributed by atoms with Crippen molar-refractivity contribution in [2.24, 2.45) is 4.99 Å². The van der Waals surface area contributed by atoms with Gasteiger partial charge < -0.3 is 0 Å². The minimum Gasteiger partial charge on any atom is -0.260 e. The first-order valence-electron chi connectivity index (χ1n) is 4.99. The van der Waals surface area contributed by atoms with E-state index in [0.717, 1.165) is 11.3 Å². The highest BCUT2D eigenvalue weighted by Gasteiger charge is 2.02. The molecule has 1 nitrogen and oxygen atoms in total. The van der Waals surface area contributed by atoms with Gasteiger partial charge in [-0.1, -0.05) is 49.1 Å². The zero-order chi connectivity index (χ0) is 10.7. The predicted molar refractivity (Wildman–Crippen MR) is 67.9 cm³/mol. The minimum atomic E-state index is 1.01. The van der Waals surface area contributed by atoms with Crippen LogP contribution in [0.15, 0.2) is 48.0 Å². The molecule has 2 aromatic carbocycles. The van der Waals surface area contributed by atoms with Crippen LogP contribution in [0.5, 0.6) is 0 Å². The third kappa shape index (κ3) is 1.68. The topological polar surface area (TPSA) is 12.4 Å². The molecule has 0 heterocycles. The fourth-order valence-electron chi connectivity index (χ4n) is 1.71. The molecule has 0 amide bonds. The summed E-state index contributed by atoms with van der Waals surface area (Å²) >= 11 is 0. The molecule has 0 saturated heterocycles. The quantitative estimate of drug-likeness (QED) is 0.637. The number of aliphatic imine (C=N–C) groups is 1. The highest BCUT2D eigenvalue weighted by molar-refractivity contribution is 5.97. The van der Waals surface area contributed by atoms with Crippen molar-refractivity contribution in [1.29, 1.82) is 0 Å². The Morgan fingerprint density at radius 2 is 1.93 bits per heavy atom. The second kappa shape index (κ2) is 4.09. The first-order valence-corrected chi connectivity index (χ1v) is 4.99. The predicted octanol–water partition coefficient (Wildman–Crippen LogP) is 4.21. The zero-order valence-corrected chi connectivity index (χ0v) is 8.77. The number of benzene rings is 2. The molecule has 0 unspecified atom stereocenters. The summed E-state index contributed by atoms with van der Waals surface area (Å²) in [6.45, 7) is 5.73. The molecule has 0 fully saturated rings. The standard InChI is InChI=1S/C14H13N/c1-3-11-9-10-12-7-5-6-8-13(12)14(11)15-4-2/h3-10H,1H2,2H3/b15-4-. The molecule has 2 rings (SSSR count). The molecule has 0 aliphatic heterocycles. The average molecular weight is 195 g/mol. The molecular weight excluding hydrogens is 182 g/mol. The Morgan fingerprint density at radius 1 is 1.13 bits per heavy atom. The van der Waals surface area contributed by atoms with Crippen LogP contribution in [0.25, 0.3) is 16.8 Å². The number of hydrogen-bond donors (Lipinski definition) is 0. The smallest absolute Gasteiger partial charge is 0.0775 e. The van der Waals surface area contributed by atoms with Gasteiger partial charge in [-0.15, -0.1) is 0 Å². The van der Waals surface area contributed by atoms with Crippen molar-refractivity contribution in [3.05, 3.63) is 48.5 Å². The van der Waals surface area contributed by atoms with E-state index in [0.29, 0.717) is 0 Å². The van der Waals surface area contributed by atoms with Crippen LogP contribution >= 0.6 is 0 Å². The summed E-state index contributed by atoms with van der Waals surface area (Å²) in [5.74, 6) is 0. The summed E-state index contributed by atoms with van der Waals surface area (Å²) in [5, 5.41) is 2.39. The van der Waals surface area contributed by atoms with Crippen LogP contribution in [0, 0.1) is 0 Å². The van der Waals surface area contributed by atoms with Gasteiger partial charge in [0.2, 0.25) is 0 Å². The van der Waals surface area contributed by atoms with Gasteiger partial charge in [0.15, 0.2) is 0 Å². The summed E-state index contributed by atoms with van der Waals surface area (Å²) in [7, 11) is 0. The van der Waals surface area contributed by atoms with Gasteiger partial charge in [0.1, 0.15) is 0 Å². The van der Waals surface area contributed by atoms with E-state index in [9.17, 15) is 0 Å². The van der Waals surface area contributed by atoms with Crippen molar-refractivity contribution in [1.82, 2.24) is 0 Å². The normalized spacial score (nSPS) is 11.0. The molecule has 0 N–H and O–H groups in total. The van der Waals surface area contributed by atoms with Crippen molar-refractivity contribution < 1.29 is 0 Å². The summed E-state index contributed by atoms with van der Waals surface area (Å²) in [6, 6.07) is 12.4. The second-order valence-electron chi connectivity index (χ2n) is 3.32. The molecule has 2 aromatic rings. The lowest BCUT2D eigenvalue weighted by Gasteiger charge is -2.05. The van der Waals surface area contributed by atoms with E-state index in [2.05, 4.69) is 35.8 Å². The molecule has 0 aromatic heterocycles. The van der Waals surface area contributed by atoms with Gasteiger partial charge in [0.05, 0.1) is 5.69 Å². The van der Waals surface area contributed by atoms with Gasteiger partial charge in [-0.2, -0.15) is 0 Å². The Kier molecular flexibility index (Phi) is 2.64. The van der Waals surface area contributed by atoms with Gasteiger partial charge >= 0.3 is 0 Å². The van der Waals surface area contributed by atoms with Crippen LogP contribution < -0.4 is 0 Å². The van der Waals surface area contributed by atoms with Crippen molar-refractivity contribution in [2.45, 2.75) is 6.92 Å². The fourth-order valence-corrected chi connectivity index (χ4v) is 1.71. The maximum Gasteiger partial charge on any atom is 0.0775 e. The third-order valence-electron chi connectivity index (χ3n) is 2.41. The second-order valence-corrected chi connectivity index (χ2v) is 3.32. The average Bonchev–Trinajstić information content (AvgIpc) is 2.30. The lowest BCUT2D eigenvalue weighted by atomic mass is 10.0. The molecule has 1 heteroatoms. The van der Waals surface area contributed by atoms with E-state index in [1.165, 1.54) is 10.8 Å². The molecule has 0 saturated carbocycles. The Balaban J connectivity index is 2.84. The summed E-state index contributed by atoms with van der Waals surface area (Å²) in [6.07, 6.45) is 3.66. The zero-order valence-electron chi connectivity index (χ0n) is 8.77. The number of hydrogen-bond acceptors (Lipinski definition) is 1. The lowest BCUT2D eigenvalue weighted by molar-refractivity contribution is 1.54. The van der Waals surface area contributed by atoms with Gasteiger partial charge in [-0.25, -0.2) is 0 Å². The van der Waals surface area contributed by atoms with E-state index in [4.69, 9.17) is 0 Å². The summed E-state index contributed by atoms with van der Waals surface area (Å²) < 4.78 is 0. The highest BCUT2D eigenvalue weighted by Crippen LogP contribution is 2.30. The van der Waals surface area contributed by atoms with Gasteiger partial charge in [0.25, 0.3) is 0 Å². The maximum absolute atomic E-state index is 4.41. The van der Waals surface area contributed by atoms with Crippen molar-refractivity contribution in [2.75, 3.05) is 0 Å². The molecule has 15 heavy (non-hydrogen) atoms. The maximum atomic E-state index is 4.41. The van der Waals surface area contributed by atoms with Crippen LogP contribution in [-0.2, 0) is 0 Å². The minimum absolute atomic E-state index is 1.01. The van der Waals surface area contributed by atoms with Crippen molar-refractivity contribution in [3.63, 3.8) is 0 Å². The van der Waals surface area contributed by atoms with Crippen molar-refractivity contribution in [3.8, 4) is 0 Å². The number of fused-ring (bicyclic) bond motifs is 1. The lowest BCUT2D eigenvalue weighted by Crippen LogP contribution is -1.79. The van der Waals surface area contributed by atoms with Crippen LogP contribution in [0.1, 0.15) is 12.5 Å². The highest BCUT2D eigenvalue weighted by atomic mass is 14.7. The van der Waals surface area contributed by atoms with E-state index < -0.39 is 0 Å². The van der Waals surface area contributed by atoms with Crippen LogP contribution in [-0.4, -0.2) is 6.21 Å². The Hall–Kier alpha value is -1.89. The molecule has 0 aliphatic rings. The molecule has 0 spiro atoms. The van der Waals surface area contributed by atoms with E-state index >= 15 is 0 Å². The summed E-state index contributed by atoms with van der Waals surface area (Å²) in [4.78, 5) is 4.41. The van der Waals surface area contributed by atoms with Crippen LogP contribution in [0.2, 0.25) is 0 Å². The van der Waals surface area contributed by atoms with Gasteiger partial charge in [-0.3, -0.25) is 4.99 Å². The van der Waals surface area contributed by atoms with E-state index in [1.54, 1.807) is 0 Å². The van der Waals surface area contributed by atoms with E-state index in [-0.39, 0.29) is 0 Å². The molecule has 74 valence electrons. The Labute approximate surface area is 89.8 Å². The fraction of sp³-hybridized carbons (Fsp3) is 0.0714. The number of nitrogens with zero attached hydrogens (tertiary/aromatic N) is 1. The monoisotopic (exact) mass is 195 g/mol. The molecule has 0 radical (unpaired) electrons. The Bertz CT molecular complexity index is 524. The molecule has 0 atom stereocenters. The third-order valence-corrected chi connectivity index (χ3v) is 2.41. The SMILES string of the molecule is C=Cc1ccc2ccccc2c1/N=C\C. The van der Waals surface area contributed by atoms with Gasteiger partial charge in [0, 0.05) is 17.2 Å². The van der Waals surface area contributed by atoms with Crippen LogP contribution in [0.3, 0.4) is 0 Å². The van der Waals surface area contributed by atoms with Gasteiger partial charge in [-0.05, 0) is 12.3 Å². The Morgan fingerprint density at radius 3 is 2.67 bits per heavy atom. The van der Waals surface area contributed by atoms with E-state index in [1.807, 2.05) is 31.3 Å². The van der Waals surface area contributed by atoms with Crippen LogP contribution in [0.4, 0.5) is 5.69 Å².